The Morgan fingerprint density at radius 1 is 0.833 bits per heavy atom. The zero-order valence-electron chi connectivity index (χ0n) is 13.6. The van der Waals surface area contributed by atoms with E-state index in [2.05, 4.69) is 47.8 Å². The molecule has 2 unspecified atom stereocenters. The third-order valence-electron chi connectivity index (χ3n) is 5.41. The van der Waals surface area contributed by atoms with Crippen LogP contribution in [0.1, 0.15) is 42.7 Å². The average Bonchev–Trinajstić information content (AvgIpc) is 2.62. The second-order valence-electron chi connectivity index (χ2n) is 6.80. The van der Waals surface area contributed by atoms with E-state index >= 15 is 0 Å². The number of amides is 2. The van der Waals surface area contributed by atoms with E-state index in [9.17, 15) is 9.59 Å². The molecule has 2 aromatic rings. The summed E-state index contributed by atoms with van der Waals surface area (Å²) >= 11 is 0. The minimum atomic E-state index is -0.134. The van der Waals surface area contributed by atoms with E-state index < -0.39 is 0 Å². The number of hydrogen-bond acceptors (Lipinski definition) is 2. The lowest BCUT2D eigenvalue weighted by Crippen LogP contribution is -2.43. The van der Waals surface area contributed by atoms with Crippen LogP contribution in [0.25, 0.3) is 11.1 Å². The van der Waals surface area contributed by atoms with Gasteiger partial charge in [-0.25, -0.2) is 0 Å². The number of nitrogens with one attached hydrogen (secondary N) is 1. The van der Waals surface area contributed by atoms with Gasteiger partial charge in [0.15, 0.2) is 0 Å². The van der Waals surface area contributed by atoms with Gasteiger partial charge in [0.1, 0.15) is 0 Å². The zero-order chi connectivity index (χ0) is 16.5. The van der Waals surface area contributed by atoms with E-state index in [0.29, 0.717) is 12.8 Å². The molecule has 2 aromatic carbocycles. The Kier molecular flexibility index (Phi) is 3.93. The van der Waals surface area contributed by atoms with Crippen molar-refractivity contribution in [3.05, 3.63) is 59.7 Å². The first-order valence-electron chi connectivity index (χ1n) is 8.75. The van der Waals surface area contributed by atoms with E-state index in [1.54, 1.807) is 0 Å². The van der Waals surface area contributed by atoms with Gasteiger partial charge in [0.05, 0.1) is 0 Å². The van der Waals surface area contributed by atoms with Crippen molar-refractivity contribution >= 4 is 11.8 Å². The molecule has 0 saturated carbocycles. The summed E-state index contributed by atoms with van der Waals surface area (Å²) in [6.45, 7) is 0. The van der Waals surface area contributed by atoms with Crippen molar-refractivity contribution in [2.24, 2.45) is 5.92 Å². The fourth-order valence-corrected chi connectivity index (χ4v) is 4.29. The molecule has 2 aliphatic rings. The number of piperidine rings is 1. The highest BCUT2D eigenvalue weighted by atomic mass is 16.2. The summed E-state index contributed by atoms with van der Waals surface area (Å²) in [7, 11) is 0. The highest BCUT2D eigenvalue weighted by Gasteiger charge is 2.36. The van der Waals surface area contributed by atoms with Gasteiger partial charge >= 0.3 is 0 Å². The number of rotatable bonds is 2. The number of benzene rings is 2. The van der Waals surface area contributed by atoms with Crippen LogP contribution in [-0.2, 0) is 16.0 Å². The lowest BCUT2D eigenvalue weighted by Gasteiger charge is -2.34. The second kappa shape index (κ2) is 6.23. The molecule has 1 heterocycles. The lowest BCUT2D eigenvalue weighted by molar-refractivity contribution is -0.137. The number of hydrogen-bond donors (Lipinski definition) is 1. The normalized spacial score (nSPS) is 23.5. The molecular formula is C21H21NO2. The van der Waals surface area contributed by atoms with Gasteiger partial charge in [-0.2, -0.15) is 0 Å². The van der Waals surface area contributed by atoms with Gasteiger partial charge in [-0.15, -0.1) is 0 Å². The Morgan fingerprint density at radius 3 is 2.46 bits per heavy atom. The maximum absolute atomic E-state index is 12.3. The topological polar surface area (TPSA) is 46.2 Å². The summed E-state index contributed by atoms with van der Waals surface area (Å²) in [4.78, 5) is 23.8. The Labute approximate surface area is 142 Å². The predicted octanol–water partition coefficient (Wildman–Crippen LogP) is 3.83. The van der Waals surface area contributed by atoms with E-state index in [1.165, 1.54) is 22.3 Å². The third kappa shape index (κ3) is 2.64. The van der Waals surface area contributed by atoms with E-state index in [0.717, 1.165) is 19.3 Å². The molecule has 0 bridgehead atoms. The van der Waals surface area contributed by atoms with Crippen LogP contribution in [0.15, 0.2) is 48.5 Å². The van der Waals surface area contributed by atoms with Gasteiger partial charge in [-0.1, -0.05) is 48.5 Å². The summed E-state index contributed by atoms with van der Waals surface area (Å²) in [6.07, 6.45) is 4.31. The van der Waals surface area contributed by atoms with Crippen molar-refractivity contribution in [2.75, 3.05) is 0 Å². The fraction of sp³-hybridized carbons (Fsp3) is 0.333. The molecule has 122 valence electrons. The second-order valence-corrected chi connectivity index (χ2v) is 6.80. The Balaban J connectivity index is 1.74. The molecule has 0 spiro atoms. The minimum absolute atomic E-state index is 0.0761. The number of carbonyl (C=O) groups is 2. The number of carbonyl (C=O) groups excluding carboxylic acids is 2. The molecule has 1 N–H and O–H groups in total. The molecule has 3 heteroatoms. The predicted molar refractivity (Wildman–Crippen MR) is 93.4 cm³/mol. The molecule has 0 radical (unpaired) electrons. The van der Waals surface area contributed by atoms with Gasteiger partial charge in [-0.05, 0) is 53.9 Å². The first kappa shape index (κ1) is 15.1. The van der Waals surface area contributed by atoms with E-state index in [4.69, 9.17) is 0 Å². The fourth-order valence-electron chi connectivity index (χ4n) is 4.29. The van der Waals surface area contributed by atoms with Crippen LogP contribution in [0.3, 0.4) is 0 Å². The summed E-state index contributed by atoms with van der Waals surface area (Å²) in [5, 5.41) is 2.53. The molecule has 3 nitrogen and oxygen atoms in total. The van der Waals surface area contributed by atoms with Crippen LogP contribution in [0.5, 0.6) is 0 Å². The van der Waals surface area contributed by atoms with Gasteiger partial charge in [0, 0.05) is 12.3 Å². The van der Waals surface area contributed by atoms with Crippen molar-refractivity contribution in [3.63, 3.8) is 0 Å². The molecule has 1 aliphatic carbocycles. The van der Waals surface area contributed by atoms with Crippen LogP contribution < -0.4 is 5.32 Å². The summed E-state index contributed by atoms with van der Waals surface area (Å²) in [5.74, 6) is -0.0715. The molecular weight excluding hydrogens is 298 g/mol. The first-order valence-corrected chi connectivity index (χ1v) is 8.75. The molecule has 1 aliphatic heterocycles. The molecule has 4 rings (SSSR count). The van der Waals surface area contributed by atoms with Gasteiger partial charge < -0.3 is 0 Å². The minimum Gasteiger partial charge on any atom is -0.296 e. The smallest absolute Gasteiger partial charge is 0.230 e. The summed E-state index contributed by atoms with van der Waals surface area (Å²) in [6, 6.07) is 16.9. The zero-order valence-corrected chi connectivity index (χ0v) is 13.6. The highest BCUT2D eigenvalue weighted by Crippen LogP contribution is 2.42. The van der Waals surface area contributed by atoms with Crippen LogP contribution >= 0.6 is 0 Å². The molecule has 2 amide bonds. The quantitative estimate of drug-likeness (QED) is 0.855. The van der Waals surface area contributed by atoms with Crippen molar-refractivity contribution in [2.45, 2.75) is 38.0 Å². The maximum atomic E-state index is 12.3. The van der Waals surface area contributed by atoms with Crippen molar-refractivity contribution in [3.8, 4) is 11.1 Å². The lowest BCUT2D eigenvalue weighted by atomic mass is 9.71. The average molecular weight is 319 g/mol. The Morgan fingerprint density at radius 2 is 1.67 bits per heavy atom. The van der Waals surface area contributed by atoms with Gasteiger partial charge in [0.25, 0.3) is 0 Å². The molecule has 0 aromatic heterocycles. The first-order chi connectivity index (χ1) is 11.7. The monoisotopic (exact) mass is 319 g/mol. The van der Waals surface area contributed by atoms with E-state index in [-0.39, 0.29) is 23.7 Å². The number of imide groups is 1. The van der Waals surface area contributed by atoms with Gasteiger partial charge in [0.2, 0.25) is 11.8 Å². The summed E-state index contributed by atoms with van der Waals surface area (Å²) < 4.78 is 0. The Hall–Kier alpha value is -2.42. The van der Waals surface area contributed by atoms with E-state index in [1.807, 2.05) is 6.07 Å². The molecule has 24 heavy (non-hydrogen) atoms. The SMILES string of the molecule is O=C1CCC(C2CCCc3c(-c4ccccc4)cccc32)C(=O)N1. The molecule has 1 saturated heterocycles. The van der Waals surface area contributed by atoms with Crippen molar-refractivity contribution < 1.29 is 9.59 Å². The highest BCUT2D eigenvalue weighted by molar-refractivity contribution is 5.99. The standard InChI is InChI=1S/C21H21NO2/c23-20-13-12-19(21(24)22-20)18-11-5-9-16-15(8-4-10-17(16)18)14-6-2-1-3-7-14/h1-4,6-8,10,18-19H,5,9,11-13H2,(H,22,23,24). The van der Waals surface area contributed by atoms with Crippen LogP contribution in [-0.4, -0.2) is 11.8 Å². The summed E-state index contributed by atoms with van der Waals surface area (Å²) in [5.41, 5.74) is 5.20. The van der Waals surface area contributed by atoms with Crippen LogP contribution in [0.4, 0.5) is 0 Å². The van der Waals surface area contributed by atoms with Crippen molar-refractivity contribution in [1.29, 1.82) is 0 Å². The third-order valence-corrected chi connectivity index (χ3v) is 5.41. The van der Waals surface area contributed by atoms with Crippen molar-refractivity contribution in [1.82, 2.24) is 5.32 Å². The number of fused-ring (bicyclic) bond motifs is 1. The van der Waals surface area contributed by atoms with Crippen LogP contribution in [0.2, 0.25) is 0 Å². The maximum Gasteiger partial charge on any atom is 0.230 e. The molecule has 2 atom stereocenters. The van der Waals surface area contributed by atoms with Crippen LogP contribution in [0, 0.1) is 5.92 Å². The Bertz CT molecular complexity index is 782. The van der Waals surface area contributed by atoms with Gasteiger partial charge in [-0.3, -0.25) is 14.9 Å². The molecule has 1 fully saturated rings. The largest absolute Gasteiger partial charge is 0.296 e.